The van der Waals surface area contributed by atoms with Gasteiger partial charge in [-0.3, -0.25) is 0 Å². The minimum atomic E-state index is 0.492. The molecule has 1 unspecified atom stereocenters. The van der Waals surface area contributed by atoms with E-state index in [0.29, 0.717) is 6.04 Å². The molecule has 2 aromatic rings. The molecule has 0 aliphatic heterocycles. The van der Waals surface area contributed by atoms with Crippen LogP contribution in [0.25, 0.3) is 0 Å². The van der Waals surface area contributed by atoms with E-state index in [-0.39, 0.29) is 0 Å². The molecule has 0 saturated heterocycles. The van der Waals surface area contributed by atoms with Crippen LogP contribution in [0.3, 0.4) is 0 Å². The van der Waals surface area contributed by atoms with Crippen LogP contribution in [-0.4, -0.2) is 18.1 Å². The van der Waals surface area contributed by atoms with Gasteiger partial charge in [-0.25, -0.2) is 4.98 Å². The number of thiazole rings is 1. The first-order chi connectivity index (χ1) is 9.28. The molecular formula is C15H20N2OS. The van der Waals surface area contributed by atoms with E-state index in [1.165, 1.54) is 5.56 Å². The first-order valence-corrected chi connectivity index (χ1v) is 7.40. The highest BCUT2D eigenvalue weighted by Gasteiger charge is 2.03. The van der Waals surface area contributed by atoms with E-state index in [2.05, 4.69) is 29.4 Å². The number of benzene rings is 1. The molecular weight excluding hydrogens is 256 g/mol. The molecule has 102 valence electrons. The van der Waals surface area contributed by atoms with Crippen LogP contribution in [0.15, 0.2) is 35.8 Å². The fourth-order valence-corrected chi connectivity index (χ4v) is 2.45. The molecule has 0 saturated carbocycles. The molecule has 1 aromatic carbocycles. The Bertz CT molecular complexity index is 467. The van der Waals surface area contributed by atoms with Crippen molar-refractivity contribution in [2.45, 2.75) is 32.4 Å². The van der Waals surface area contributed by atoms with Gasteiger partial charge in [0.15, 0.2) is 0 Å². The summed E-state index contributed by atoms with van der Waals surface area (Å²) in [4.78, 5) is 4.27. The Balaban J connectivity index is 1.71. The lowest BCUT2D eigenvalue weighted by atomic mass is 10.1. The first kappa shape index (κ1) is 14.0. The summed E-state index contributed by atoms with van der Waals surface area (Å²) in [5.74, 6) is 0.915. The molecule has 4 heteroatoms. The van der Waals surface area contributed by atoms with Crippen LogP contribution in [0.5, 0.6) is 5.75 Å². The van der Waals surface area contributed by atoms with E-state index in [1.54, 1.807) is 18.4 Å². The third kappa shape index (κ3) is 4.65. The molecule has 3 nitrogen and oxygen atoms in total. The summed E-state index contributed by atoms with van der Waals surface area (Å²) < 4.78 is 5.16. The third-order valence-corrected chi connectivity index (χ3v) is 3.89. The fourth-order valence-electron chi connectivity index (χ4n) is 1.88. The number of nitrogens with one attached hydrogen (secondary N) is 1. The van der Waals surface area contributed by atoms with Gasteiger partial charge in [-0.15, -0.1) is 11.3 Å². The molecule has 0 aliphatic carbocycles. The molecule has 1 heterocycles. The average Bonchev–Trinajstić information content (AvgIpc) is 2.96. The minimum Gasteiger partial charge on any atom is -0.497 e. The quantitative estimate of drug-likeness (QED) is 0.843. The Morgan fingerprint density at radius 2 is 2.11 bits per heavy atom. The van der Waals surface area contributed by atoms with Crippen LogP contribution in [0, 0.1) is 0 Å². The molecule has 0 radical (unpaired) electrons. The van der Waals surface area contributed by atoms with Crippen molar-refractivity contribution in [1.29, 1.82) is 0 Å². The lowest BCUT2D eigenvalue weighted by Crippen LogP contribution is -2.25. The zero-order valence-electron chi connectivity index (χ0n) is 11.4. The second-order valence-electron chi connectivity index (χ2n) is 4.59. The standard InChI is InChI=1S/C15H20N2OS/c1-12(17-11-15-16-9-10-19-15)3-4-13-5-7-14(18-2)8-6-13/h5-10,12,17H,3-4,11H2,1-2H3. The molecule has 0 fully saturated rings. The number of hydrogen-bond acceptors (Lipinski definition) is 4. The summed E-state index contributed by atoms with van der Waals surface area (Å²) in [6.45, 7) is 3.08. The first-order valence-electron chi connectivity index (χ1n) is 6.52. The highest BCUT2D eigenvalue weighted by Crippen LogP contribution is 2.13. The predicted octanol–water partition coefficient (Wildman–Crippen LogP) is 3.26. The summed E-state index contributed by atoms with van der Waals surface area (Å²) in [6, 6.07) is 8.79. The topological polar surface area (TPSA) is 34.1 Å². The molecule has 1 aromatic heterocycles. The van der Waals surface area contributed by atoms with E-state index in [1.807, 2.05) is 23.7 Å². The van der Waals surface area contributed by atoms with Gasteiger partial charge in [0, 0.05) is 24.2 Å². The zero-order valence-corrected chi connectivity index (χ0v) is 12.2. The highest BCUT2D eigenvalue weighted by atomic mass is 32.1. The van der Waals surface area contributed by atoms with Crippen molar-refractivity contribution in [2.24, 2.45) is 0 Å². The Labute approximate surface area is 118 Å². The summed E-state index contributed by atoms with van der Waals surface area (Å²) >= 11 is 1.70. The fraction of sp³-hybridized carbons (Fsp3) is 0.400. The minimum absolute atomic E-state index is 0.492. The number of nitrogens with zero attached hydrogens (tertiary/aromatic N) is 1. The Morgan fingerprint density at radius 3 is 2.74 bits per heavy atom. The van der Waals surface area contributed by atoms with Crippen LogP contribution in [0.1, 0.15) is 23.9 Å². The van der Waals surface area contributed by atoms with E-state index in [9.17, 15) is 0 Å². The molecule has 1 N–H and O–H groups in total. The largest absolute Gasteiger partial charge is 0.497 e. The van der Waals surface area contributed by atoms with Crippen molar-refractivity contribution in [3.8, 4) is 5.75 Å². The maximum atomic E-state index is 5.16. The van der Waals surface area contributed by atoms with Crippen LogP contribution in [0.4, 0.5) is 0 Å². The van der Waals surface area contributed by atoms with Crippen LogP contribution in [-0.2, 0) is 13.0 Å². The van der Waals surface area contributed by atoms with Gasteiger partial charge in [0.25, 0.3) is 0 Å². The number of methoxy groups -OCH3 is 1. The van der Waals surface area contributed by atoms with Crippen LogP contribution < -0.4 is 10.1 Å². The number of rotatable bonds is 7. The second kappa shape index (κ2) is 7.26. The second-order valence-corrected chi connectivity index (χ2v) is 5.57. The highest BCUT2D eigenvalue weighted by molar-refractivity contribution is 7.09. The van der Waals surface area contributed by atoms with Crippen molar-refractivity contribution in [1.82, 2.24) is 10.3 Å². The van der Waals surface area contributed by atoms with Gasteiger partial charge in [-0.05, 0) is 37.5 Å². The molecule has 0 bridgehead atoms. The van der Waals surface area contributed by atoms with E-state index in [4.69, 9.17) is 4.74 Å². The van der Waals surface area contributed by atoms with Gasteiger partial charge < -0.3 is 10.1 Å². The van der Waals surface area contributed by atoms with Gasteiger partial charge in [-0.1, -0.05) is 12.1 Å². The number of aryl methyl sites for hydroxylation is 1. The molecule has 0 spiro atoms. The summed E-state index contributed by atoms with van der Waals surface area (Å²) in [6.07, 6.45) is 4.05. The smallest absolute Gasteiger partial charge is 0.118 e. The third-order valence-electron chi connectivity index (χ3n) is 3.11. The Morgan fingerprint density at radius 1 is 1.32 bits per heavy atom. The molecule has 2 rings (SSSR count). The SMILES string of the molecule is COc1ccc(CCC(C)NCc2nccs2)cc1. The van der Waals surface area contributed by atoms with Crippen LogP contribution in [0.2, 0.25) is 0 Å². The summed E-state index contributed by atoms with van der Waals surface area (Å²) in [5, 5.41) is 6.66. The van der Waals surface area contributed by atoms with Crippen LogP contribution >= 0.6 is 11.3 Å². The van der Waals surface area contributed by atoms with Crippen molar-refractivity contribution in [3.05, 3.63) is 46.4 Å². The van der Waals surface area contributed by atoms with Crippen molar-refractivity contribution < 1.29 is 4.74 Å². The van der Waals surface area contributed by atoms with E-state index >= 15 is 0 Å². The van der Waals surface area contributed by atoms with Gasteiger partial charge in [-0.2, -0.15) is 0 Å². The number of ether oxygens (including phenoxy) is 1. The van der Waals surface area contributed by atoms with Crippen molar-refractivity contribution in [2.75, 3.05) is 7.11 Å². The number of aromatic nitrogens is 1. The molecule has 0 aliphatic rings. The summed E-state index contributed by atoms with van der Waals surface area (Å²) in [5.41, 5.74) is 1.35. The maximum Gasteiger partial charge on any atom is 0.118 e. The van der Waals surface area contributed by atoms with Crippen molar-refractivity contribution >= 4 is 11.3 Å². The monoisotopic (exact) mass is 276 g/mol. The lowest BCUT2D eigenvalue weighted by molar-refractivity contribution is 0.414. The van der Waals surface area contributed by atoms with Crippen molar-refractivity contribution in [3.63, 3.8) is 0 Å². The zero-order chi connectivity index (χ0) is 13.5. The van der Waals surface area contributed by atoms with Gasteiger partial charge in [0.2, 0.25) is 0 Å². The Kier molecular flexibility index (Phi) is 5.36. The number of hydrogen-bond donors (Lipinski definition) is 1. The normalized spacial score (nSPS) is 12.3. The molecule has 1 atom stereocenters. The lowest BCUT2D eigenvalue weighted by Gasteiger charge is -2.12. The Hall–Kier alpha value is -1.39. The van der Waals surface area contributed by atoms with Gasteiger partial charge in [0.05, 0.1) is 7.11 Å². The predicted molar refractivity (Wildman–Crippen MR) is 79.7 cm³/mol. The van der Waals surface area contributed by atoms with E-state index < -0.39 is 0 Å². The van der Waals surface area contributed by atoms with E-state index in [0.717, 1.165) is 30.1 Å². The van der Waals surface area contributed by atoms with Gasteiger partial charge >= 0.3 is 0 Å². The summed E-state index contributed by atoms with van der Waals surface area (Å²) in [7, 11) is 1.69. The molecule has 19 heavy (non-hydrogen) atoms. The maximum absolute atomic E-state index is 5.16. The van der Waals surface area contributed by atoms with Gasteiger partial charge in [0.1, 0.15) is 10.8 Å². The molecule has 0 amide bonds. The average molecular weight is 276 g/mol.